The van der Waals surface area contributed by atoms with Crippen LogP contribution < -0.4 is 0 Å². The van der Waals surface area contributed by atoms with E-state index in [0.29, 0.717) is 32.0 Å². The summed E-state index contributed by atoms with van der Waals surface area (Å²) < 4.78 is 7.14. The third-order valence-electron chi connectivity index (χ3n) is 5.11. The Morgan fingerprint density at radius 3 is 2.71 bits per heavy atom. The fraction of sp³-hybridized carbons (Fsp3) is 0.476. The van der Waals surface area contributed by atoms with Crippen molar-refractivity contribution >= 4 is 11.9 Å². The van der Waals surface area contributed by atoms with Gasteiger partial charge in [0, 0.05) is 25.6 Å². The fourth-order valence-electron chi connectivity index (χ4n) is 3.68. The van der Waals surface area contributed by atoms with Crippen LogP contribution in [0.3, 0.4) is 0 Å². The van der Waals surface area contributed by atoms with Crippen LogP contribution in [0.1, 0.15) is 57.8 Å². The molecule has 7 nitrogen and oxygen atoms in total. The molecule has 3 rings (SSSR count). The number of carboxylic acids is 1. The van der Waals surface area contributed by atoms with Crippen molar-refractivity contribution in [3.8, 4) is 0 Å². The zero-order valence-electron chi connectivity index (χ0n) is 16.4. The molecule has 1 unspecified atom stereocenters. The Balaban J connectivity index is 1.71. The minimum Gasteiger partial charge on any atom is -0.478 e. The van der Waals surface area contributed by atoms with Crippen LogP contribution in [0, 0.1) is 6.92 Å². The second-order valence-electron chi connectivity index (χ2n) is 7.11. The number of amides is 1. The Morgan fingerprint density at radius 1 is 1.29 bits per heavy atom. The van der Waals surface area contributed by atoms with Gasteiger partial charge in [0.1, 0.15) is 5.69 Å². The SMILES string of the molecule is CCOCCn1nc(C)cc1C(=O)N1CCCC(c2ccc(C(=O)O)cc2)C1. The Morgan fingerprint density at radius 2 is 2.04 bits per heavy atom. The van der Waals surface area contributed by atoms with Gasteiger partial charge in [-0.25, -0.2) is 4.79 Å². The molecule has 1 amide bonds. The van der Waals surface area contributed by atoms with E-state index in [1.54, 1.807) is 16.8 Å². The Labute approximate surface area is 164 Å². The van der Waals surface area contributed by atoms with Gasteiger partial charge in [0.25, 0.3) is 5.91 Å². The minimum atomic E-state index is -0.928. The summed E-state index contributed by atoms with van der Waals surface area (Å²) in [6, 6.07) is 8.81. The van der Waals surface area contributed by atoms with Gasteiger partial charge < -0.3 is 14.7 Å². The number of carboxylic acid groups (broad SMARTS) is 1. The van der Waals surface area contributed by atoms with Crippen molar-refractivity contribution in [1.82, 2.24) is 14.7 Å². The molecule has 1 aliphatic rings. The molecule has 1 aromatic heterocycles. The topological polar surface area (TPSA) is 84.7 Å². The van der Waals surface area contributed by atoms with Gasteiger partial charge >= 0.3 is 5.97 Å². The van der Waals surface area contributed by atoms with Crippen LogP contribution >= 0.6 is 0 Å². The first-order chi connectivity index (χ1) is 13.5. The van der Waals surface area contributed by atoms with Crippen LogP contribution in [0.25, 0.3) is 0 Å². The largest absolute Gasteiger partial charge is 0.478 e. The summed E-state index contributed by atoms with van der Waals surface area (Å²) in [6.45, 7) is 6.89. The van der Waals surface area contributed by atoms with Crippen LogP contribution in [0.5, 0.6) is 0 Å². The van der Waals surface area contributed by atoms with Crippen LogP contribution in [0.2, 0.25) is 0 Å². The zero-order valence-corrected chi connectivity index (χ0v) is 16.4. The van der Waals surface area contributed by atoms with Crippen molar-refractivity contribution in [3.63, 3.8) is 0 Å². The van der Waals surface area contributed by atoms with Crippen molar-refractivity contribution in [2.24, 2.45) is 0 Å². The number of rotatable bonds is 7. The molecule has 1 aromatic carbocycles. The second-order valence-corrected chi connectivity index (χ2v) is 7.11. The number of benzene rings is 1. The number of hydrogen-bond acceptors (Lipinski definition) is 4. The van der Waals surface area contributed by atoms with Crippen molar-refractivity contribution in [2.75, 3.05) is 26.3 Å². The lowest BCUT2D eigenvalue weighted by molar-refractivity contribution is 0.0685. The number of aromatic nitrogens is 2. The number of ether oxygens (including phenoxy) is 1. The maximum absolute atomic E-state index is 13.1. The standard InChI is InChI=1S/C21H27N3O4/c1-3-28-12-11-24-19(13-15(2)22-24)20(25)23-10-4-5-18(14-23)16-6-8-17(9-7-16)21(26)27/h6-9,13,18H,3-5,10-12,14H2,1-2H3,(H,26,27). The highest BCUT2D eigenvalue weighted by molar-refractivity contribution is 5.93. The molecule has 1 fully saturated rings. The molecule has 0 aliphatic carbocycles. The first-order valence-corrected chi connectivity index (χ1v) is 9.74. The molecule has 1 aliphatic heterocycles. The number of nitrogens with zero attached hydrogens (tertiary/aromatic N) is 3. The van der Waals surface area contributed by atoms with E-state index in [4.69, 9.17) is 9.84 Å². The predicted molar refractivity (Wildman–Crippen MR) is 105 cm³/mol. The monoisotopic (exact) mass is 385 g/mol. The molecule has 150 valence electrons. The number of hydrogen-bond donors (Lipinski definition) is 1. The van der Waals surface area contributed by atoms with Gasteiger partial charge in [-0.05, 0) is 50.5 Å². The molecule has 2 heterocycles. The molecule has 1 N–H and O–H groups in total. The van der Waals surface area contributed by atoms with E-state index in [2.05, 4.69) is 5.10 Å². The number of aryl methyl sites for hydroxylation is 1. The highest BCUT2D eigenvalue weighted by Crippen LogP contribution is 2.28. The van der Waals surface area contributed by atoms with E-state index in [9.17, 15) is 9.59 Å². The molecule has 0 radical (unpaired) electrons. The average molecular weight is 385 g/mol. The Bertz CT molecular complexity index is 829. The first-order valence-electron chi connectivity index (χ1n) is 9.74. The number of carbonyl (C=O) groups is 2. The van der Waals surface area contributed by atoms with Crippen molar-refractivity contribution in [1.29, 1.82) is 0 Å². The second kappa shape index (κ2) is 9.01. The third-order valence-corrected chi connectivity index (χ3v) is 5.11. The third kappa shape index (κ3) is 4.59. The van der Waals surface area contributed by atoms with Gasteiger partial charge in [0.15, 0.2) is 0 Å². The Hall–Kier alpha value is -2.67. The van der Waals surface area contributed by atoms with Crippen molar-refractivity contribution in [2.45, 2.75) is 39.2 Å². The summed E-state index contributed by atoms with van der Waals surface area (Å²) >= 11 is 0. The summed E-state index contributed by atoms with van der Waals surface area (Å²) in [4.78, 5) is 26.1. The normalized spacial score (nSPS) is 16.9. The lowest BCUT2D eigenvalue weighted by Crippen LogP contribution is -2.40. The number of piperidine rings is 1. The average Bonchev–Trinajstić information content (AvgIpc) is 3.08. The molecule has 2 aromatic rings. The van der Waals surface area contributed by atoms with Gasteiger partial charge in [0.2, 0.25) is 0 Å². The van der Waals surface area contributed by atoms with E-state index in [0.717, 1.165) is 30.6 Å². The number of carbonyl (C=O) groups excluding carboxylic acids is 1. The maximum atomic E-state index is 13.1. The van der Waals surface area contributed by atoms with Crippen LogP contribution in [0.4, 0.5) is 0 Å². The minimum absolute atomic E-state index is 0.0102. The van der Waals surface area contributed by atoms with Crippen molar-refractivity contribution < 1.29 is 19.4 Å². The van der Waals surface area contributed by atoms with E-state index < -0.39 is 5.97 Å². The Kier molecular flexibility index (Phi) is 6.46. The predicted octanol–water partition coefficient (Wildman–Crippen LogP) is 2.95. The number of aromatic carboxylic acids is 1. The van der Waals surface area contributed by atoms with E-state index in [-0.39, 0.29) is 17.4 Å². The van der Waals surface area contributed by atoms with Gasteiger partial charge in [-0.3, -0.25) is 9.48 Å². The highest BCUT2D eigenvalue weighted by atomic mass is 16.5. The van der Waals surface area contributed by atoms with Crippen LogP contribution in [-0.4, -0.2) is 58.0 Å². The van der Waals surface area contributed by atoms with Crippen LogP contribution in [-0.2, 0) is 11.3 Å². The molecule has 7 heteroatoms. The van der Waals surface area contributed by atoms with Crippen LogP contribution in [0.15, 0.2) is 30.3 Å². The molecule has 1 atom stereocenters. The van der Waals surface area contributed by atoms with Crippen molar-refractivity contribution in [3.05, 3.63) is 52.8 Å². The quantitative estimate of drug-likeness (QED) is 0.741. The van der Waals surface area contributed by atoms with Gasteiger partial charge in [-0.2, -0.15) is 5.10 Å². The molecule has 1 saturated heterocycles. The first kappa shape index (κ1) is 20.1. The molecule has 28 heavy (non-hydrogen) atoms. The van der Waals surface area contributed by atoms with E-state index >= 15 is 0 Å². The smallest absolute Gasteiger partial charge is 0.335 e. The molecule has 0 spiro atoms. The summed E-state index contributed by atoms with van der Waals surface area (Å²) in [6.07, 6.45) is 1.90. The molecule has 0 bridgehead atoms. The fourth-order valence-corrected chi connectivity index (χ4v) is 3.68. The summed E-state index contributed by atoms with van der Waals surface area (Å²) in [5, 5.41) is 13.5. The summed E-state index contributed by atoms with van der Waals surface area (Å²) in [7, 11) is 0. The van der Waals surface area contributed by atoms with Gasteiger partial charge in [0.05, 0.1) is 24.4 Å². The lowest BCUT2D eigenvalue weighted by atomic mass is 9.90. The highest BCUT2D eigenvalue weighted by Gasteiger charge is 2.27. The number of likely N-dealkylation sites (tertiary alicyclic amines) is 1. The van der Waals surface area contributed by atoms with E-state index in [1.165, 1.54) is 0 Å². The van der Waals surface area contributed by atoms with Gasteiger partial charge in [-0.15, -0.1) is 0 Å². The zero-order chi connectivity index (χ0) is 20.1. The summed E-state index contributed by atoms with van der Waals surface area (Å²) in [5.74, 6) is -0.729. The molecule has 0 saturated carbocycles. The van der Waals surface area contributed by atoms with Gasteiger partial charge in [-0.1, -0.05) is 12.1 Å². The maximum Gasteiger partial charge on any atom is 0.335 e. The van der Waals surface area contributed by atoms with E-state index in [1.807, 2.05) is 36.9 Å². The molecular weight excluding hydrogens is 358 g/mol. The lowest BCUT2D eigenvalue weighted by Gasteiger charge is -2.33. The molecular formula is C21H27N3O4. The summed E-state index contributed by atoms with van der Waals surface area (Å²) in [5.41, 5.74) is 2.77.